The topological polar surface area (TPSA) is 29.5 Å². The molecule has 0 fully saturated rings. The van der Waals surface area contributed by atoms with Crippen molar-refractivity contribution in [3.63, 3.8) is 0 Å². The number of carbonyl (C=O) groups is 1. The zero-order valence-electron chi connectivity index (χ0n) is 11.2. The van der Waals surface area contributed by atoms with E-state index in [1.165, 1.54) is 7.11 Å². The van der Waals surface area contributed by atoms with Crippen LogP contribution in [0.25, 0.3) is 0 Å². The van der Waals surface area contributed by atoms with Gasteiger partial charge < -0.3 is 4.74 Å². The molecule has 0 aliphatic heterocycles. The first-order chi connectivity index (χ1) is 8.65. The van der Waals surface area contributed by atoms with Gasteiger partial charge >= 0.3 is 6.09 Å². The first-order valence-electron chi connectivity index (χ1n) is 6.28. The summed E-state index contributed by atoms with van der Waals surface area (Å²) in [5.41, 5.74) is 4.19. The van der Waals surface area contributed by atoms with Crippen molar-refractivity contribution < 1.29 is 9.53 Å². The standard InChI is InChI=1S/C15H19NO2/c1-11-7-6-8-12(2)14(11)16(15(17)18-3)13-9-4-5-10-13/h6-9H,4-5,10H2,1-3H3. The Bertz CT molecular complexity index is 471. The number of allylic oxidation sites excluding steroid dienone is 2. The van der Waals surface area contributed by atoms with Crippen molar-refractivity contribution in [2.45, 2.75) is 33.1 Å². The maximum Gasteiger partial charge on any atom is 0.418 e. The molecular weight excluding hydrogens is 226 g/mol. The van der Waals surface area contributed by atoms with Gasteiger partial charge in [-0.3, -0.25) is 4.90 Å². The number of ether oxygens (including phenoxy) is 1. The minimum Gasteiger partial charge on any atom is -0.452 e. The van der Waals surface area contributed by atoms with E-state index in [4.69, 9.17) is 4.74 Å². The lowest BCUT2D eigenvalue weighted by molar-refractivity contribution is 0.180. The van der Waals surface area contributed by atoms with E-state index in [-0.39, 0.29) is 6.09 Å². The van der Waals surface area contributed by atoms with E-state index in [0.29, 0.717) is 0 Å². The number of anilines is 1. The highest BCUT2D eigenvalue weighted by Gasteiger charge is 2.25. The number of benzene rings is 1. The second kappa shape index (κ2) is 5.25. The van der Waals surface area contributed by atoms with E-state index in [1.807, 2.05) is 32.0 Å². The molecule has 0 bridgehead atoms. The normalized spacial score (nSPS) is 14.3. The Balaban J connectivity index is 2.49. The summed E-state index contributed by atoms with van der Waals surface area (Å²) in [6.45, 7) is 4.04. The van der Waals surface area contributed by atoms with Gasteiger partial charge in [0.05, 0.1) is 12.8 Å². The molecule has 0 unspecified atom stereocenters. The molecule has 1 aromatic rings. The summed E-state index contributed by atoms with van der Waals surface area (Å²) in [6.07, 6.45) is 4.90. The lowest BCUT2D eigenvalue weighted by atomic mass is 10.1. The van der Waals surface area contributed by atoms with E-state index in [9.17, 15) is 4.79 Å². The van der Waals surface area contributed by atoms with Gasteiger partial charge in [-0.1, -0.05) is 24.3 Å². The van der Waals surface area contributed by atoms with E-state index >= 15 is 0 Å². The van der Waals surface area contributed by atoms with E-state index in [0.717, 1.165) is 41.8 Å². The number of rotatable bonds is 2. The highest BCUT2D eigenvalue weighted by molar-refractivity contribution is 5.93. The molecule has 0 heterocycles. The van der Waals surface area contributed by atoms with Crippen molar-refractivity contribution >= 4 is 11.8 Å². The monoisotopic (exact) mass is 245 g/mol. The number of methoxy groups -OCH3 is 1. The zero-order valence-corrected chi connectivity index (χ0v) is 11.2. The number of carbonyl (C=O) groups excluding carboxylic acids is 1. The highest BCUT2D eigenvalue weighted by atomic mass is 16.5. The van der Waals surface area contributed by atoms with Crippen LogP contribution >= 0.6 is 0 Å². The quantitative estimate of drug-likeness (QED) is 0.789. The summed E-state index contributed by atoms with van der Waals surface area (Å²) in [7, 11) is 1.43. The summed E-state index contributed by atoms with van der Waals surface area (Å²) < 4.78 is 4.94. The molecule has 3 nitrogen and oxygen atoms in total. The molecule has 0 atom stereocenters. The van der Waals surface area contributed by atoms with Crippen LogP contribution in [-0.2, 0) is 4.74 Å². The number of nitrogens with zero attached hydrogens (tertiary/aromatic N) is 1. The molecule has 96 valence electrons. The fraction of sp³-hybridized carbons (Fsp3) is 0.400. The van der Waals surface area contributed by atoms with Gasteiger partial charge in [0.2, 0.25) is 0 Å². The van der Waals surface area contributed by atoms with Crippen LogP contribution in [0.15, 0.2) is 30.0 Å². The minimum absolute atomic E-state index is 0.305. The molecular formula is C15H19NO2. The highest BCUT2D eigenvalue weighted by Crippen LogP contribution is 2.32. The third-order valence-corrected chi connectivity index (χ3v) is 3.32. The van der Waals surface area contributed by atoms with Gasteiger partial charge in [-0.25, -0.2) is 4.79 Å². The third-order valence-electron chi connectivity index (χ3n) is 3.32. The van der Waals surface area contributed by atoms with Gasteiger partial charge in [0.25, 0.3) is 0 Å². The molecule has 0 spiro atoms. The number of para-hydroxylation sites is 1. The fourth-order valence-electron chi connectivity index (χ4n) is 2.46. The predicted molar refractivity (Wildman–Crippen MR) is 72.7 cm³/mol. The van der Waals surface area contributed by atoms with Crippen LogP contribution < -0.4 is 4.90 Å². The fourth-order valence-corrected chi connectivity index (χ4v) is 2.46. The number of hydrogen-bond acceptors (Lipinski definition) is 2. The molecule has 18 heavy (non-hydrogen) atoms. The molecule has 0 saturated heterocycles. The molecule has 3 heteroatoms. The Hall–Kier alpha value is -1.77. The summed E-state index contributed by atoms with van der Waals surface area (Å²) in [6, 6.07) is 6.05. The van der Waals surface area contributed by atoms with Crippen LogP contribution in [0.5, 0.6) is 0 Å². The third kappa shape index (κ3) is 2.26. The molecule has 1 amide bonds. The van der Waals surface area contributed by atoms with Crippen molar-refractivity contribution in [1.82, 2.24) is 0 Å². The second-order valence-electron chi connectivity index (χ2n) is 4.63. The van der Waals surface area contributed by atoms with Crippen LogP contribution in [0.3, 0.4) is 0 Å². The van der Waals surface area contributed by atoms with E-state index < -0.39 is 0 Å². The Morgan fingerprint density at radius 3 is 2.44 bits per heavy atom. The molecule has 0 saturated carbocycles. The Morgan fingerprint density at radius 2 is 1.94 bits per heavy atom. The number of aryl methyl sites for hydroxylation is 2. The van der Waals surface area contributed by atoms with Crippen molar-refractivity contribution in [1.29, 1.82) is 0 Å². The minimum atomic E-state index is -0.305. The van der Waals surface area contributed by atoms with Crippen LogP contribution in [0, 0.1) is 13.8 Å². The Labute approximate surface area is 108 Å². The molecule has 1 aromatic carbocycles. The van der Waals surface area contributed by atoms with Gasteiger partial charge in [-0.05, 0) is 44.2 Å². The molecule has 0 aromatic heterocycles. The van der Waals surface area contributed by atoms with Crippen LogP contribution in [0.4, 0.5) is 10.5 Å². The van der Waals surface area contributed by atoms with Crippen LogP contribution in [0.2, 0.25) is 0 Å². The first-order valence-corrected chi connectivity index (χ1v) is 6.28. The Kier molecular flexibility index (Phi) is 3.70. The maximum atomic E-state index is 12.1. The van der Waals surface area contributed by atoms with E-state index in [2.05, 4.69) is 6.08 Å². The van der Waals surface area contributed by atoms with Crippen molar-refractivity contribution in [3.8, 4) is 0 Å². The lowest BCUT2D eigenvalue weighted by Gasteiger charge is -2.26. The van der Waals surface area contributed by atoms with Crippen LogP contribution in [-0.4, -0.2) is 13.2 Å². The molecule has 0 N–H and O–H groups in total. The summed E-state index contributed by atoms with van der Waals surface area (Å²) in [5.74, 6) is 0. The second-order valence-corrected chi connectivity index (χ2v) is 4.63. The Morgan fingerprint density at radius 1 is 1.28 bits per heavy atom. The summed E-state index contributed by atoms with van der Waals surface area (Å²) >= 11 is 0. The summed E-state index contributed by atoms with van der Waals surface area (Å²) in [5, 5.41) is 0. The van der Waals surface area contributed by atoms with Crippen molar-refractivity contribution in [3.05, 3.63) is 41.1 Å². The lowest BCUT2D eigenvalue weighted by Crippen LogP contribution is -2.30. The van der Waals surface area contributed by atoms with Crippen molar-refractivity contribution in [2.24, 2.45) is 0 Å². The van der Waals surface area contributed by atoms with Gasteiger partial charge in [-0.15, -0.1) is 0 Å². The van der Waals surface area contributed by atoms with Gasteiger partial charge in [0.15, 0.2) is 0 Å². The molecule has 0 radical (unpaired) electrons. The number of amides is 1. The van der Waals surface area contributed by atoms with Gasteiger partial charge in [0.1, 0.15) is 0 Å². The van der Waals surface area contributed by atoms with Gasteiger partial charge in [-0.2, -0.15) is 0 Å². The molecule has 1 aliphatic rings. The summed E-state index contributed by atoms with van der Waals surface area (Å²) in [4.78, 5) is 13.8. The predicted octanol–water partition coefficient (Wildman–Crippen LogP) is 3.94. The molecule has 1 aliphatic carbocycles. The first kappa shape index (κ1) is 12.7. The largest absolute Gasteiger partial charge is 0.452 e. The smallest absolute Gasteiger partial charge is 0.418 e. The average molecular weight is 245 g/mol. The van der Waals surface area contributed by atoms with Crippen LogP contribution in [0.1, 0.15) is 30.4 Å². The molecule has 2 rings (SSSR count). The maximum absolute atomic E-state index is 12.1. The van der Waals surface area contributed by atoms with Crippen molar-refractivity contribution in [2.75, 3.05) is 12.0 Å². The SMILES string of the molecule is COC(=O)N(C1=CCCC1)c1c(C)cccc1C. The average Bonchev–Trinajstić information content (AvgIpc) is 2.86. The van der Waals surface area contributed by atoms with E-state index in [1.54, 1.807) is 4.90 Å². The number of hydrogen-bond donors (Lipinski definition) is 0. The zero-order chi connectivity index (χ0) is 13.1. The van der Waals surface area contributed by atoms with Gasteiger partial charge in [0, 0.05) is 5.70 Å².